The average molecular weight is 415 g/mol. The van der Waals surface area contributed by atoms with Crippen LogP contribution in [-0.4, -0.2) is 26.0 Å². The number of thiophene rings is 1. The molecule has 0 fully saturated rings. The van der Waals surface area contributed by atoms with Gasteiger partial charge in [0.1, 0.15) is 5.00 Å². The third-order valence-electron chi connectivity index (χ3n) is 4.99. The van der Waals surface area contributed by atoms with E-state index in [-0.39, 0.29) is 5.91 Å². The summed E-state index contributed by atoms with van der Waals surface area (Å²) in [6.07, 6.45) is 9.37. The van der Waals surface area contributed by atoms with E-state index in [9.17, 15) is 9.59 Å². The van der Waals surface area contributed by atoms with Gasteiger partial charge in [-0.3, -0.25) is 9.59 Å². The molecule has 0 spiro atoms. The van der Waals surface area contributed by atoms with Crippen molar-refractivity contribution in [3.8, 4) is 11.5 Å². The molecule has 2 aromatic rings. The number of carbonyl (C=O) groups excluding carboxylic acids is 2. The van der Waals surface area contributed by atoms with Crippen LogP contribution in [0.3, 0.4) is 0 Å². The molecule has 3 N–H and O–H groups in total. The highest BCUT2D eigenvalue weighted by atomic mass is 32.1. The summed E-state index contributed by atoms with van der Waals surface area (Å²) >= 11 is 1.47. The molecule has 1 aromatic heterocycles. The Morgan fingerprint density at radius 2 is 1.79 bits per heavy atom. The van der Waals surface area contributed by atoms with Gasteiger partial charge in [0.25, 0.3) is 5.91 Å². The van der Waals surface area contributed by atoms with E-state index >= 15 is 0 Å². The highest BCUT2D eigenvalue weighted by molar-refractivity contribution is 7.17. The number of ether oxygens (including phenoxy) is 2. The first-order valence-electron chi connectivity index (χ1n) is 9.69. The molecule has 1 aliphatic carbocycles. The maximum atomic E-state index is 12.5. The van der Waals surface area contributed by atoms with Crippen molar-refractivity contribution in [1.29, 1.82) is 0 Å². The van der Waals surface area contributed by atoms with Gasteiger partial charge < -0.3 is 20.5 Å². The lowest BCUT2D eigenvalue weighted by Gasteiger charge is -2.10. The molecule has 29 heavy (non-hydrogen) atoms. The number of benzene rings is 1. The molecule has 3 rings (SSSR count). The fourth-order valence-corrected chi connectivity index (χ4v) is 4.85. The Hall–Kier alpha value is -2.80. The molecule has 0 radical (unpaired) electrons. The fraction of sp³-hybridized carbons (Fsp3) is 0.364. The first-order valence-corrected chi connectivity index (χ1v) is 10.5. The van der Waals surface area contributed by atoms with E-state index in [0.717, 1.165) is 48.1 Å². The molecule has 0 saturated heterocycles. The van der Waals surface area contributed by atoms with Gasteiger partial charge in [-0.2, -0.15) is 0 Å². The number of hydrogen-bond acceptors (Lipinski definition) is 5. The van der Waals surface area contributed by atoms with Crippen LogP contribution >= 0.6 is 11.3 Å². The lowest BCUT2D eigenvalue weighted by atomic mass is 9.96. The van der Waals surface area contributed by atoms with Crippen molar-refractivity contribution >= 4 is 34.2 Å². The quantitative estimate of drug-likeness (QED) is 0.694. The van der Waals surface area contributed by atoms with Crippen LogP contribution < -0.4 is 20.5 Å². The average Bonchev–Trinajstić information content (AvgIpc) is 3.02. The standard InChI is InChI=1S/C22H26N2O4S/c1-27-16-11-9-14(13-17(16)28-2)10-12-19(25)24-22-20(21(23)26)15-7-5-3-4-6-8-18(15)29-22/h9-13H,3-8H2,1-2H3,(H2,23,26)(H,24,25)/b12-10+. The molecule has 7 heteroatoms. The molecule has 0 bridgehead atoms. The number of nitrogens with one attached hydrogen (secondary N) is 1. The van der Waals surface area contributed by atoms with E-state index in [1.54, 1.807) is 32.4 Å². The number of amides is 2. The number of methoxy groups -OCH3 is 2. The molecule has 2 amide bonds. The Morgan fingerprint density at radius 3 is 2.48 bits per heavy atom. The maximum absolute atomic E-state index is 12.5. The lowest BCUT2D eigenvalue weighted by Crippen LogP contribution is -2.17. The number of fused-ring (bicyclic) bond motifs is 1. The molecule has 6 nitrogen and oxygen atoms in total. The van der Waals surface area contributed by atoms with Gasteiger partial charge in [-0.25, -0.2) is 0 Å². The second kappa shape index (κ2) is 9.60. The molecular formula is C22H26N2O4S. The predicted molar refractivity (Wildman–Crippen MR) is 116 cm³/mol. The SMILES string of the molecule is COc1ccc(/C=C/C(=O)Nc2sc3c(c2C(N)=O)CCCCCC3)cc1OC. The topological polar surface area (TPSA) is 90.6 Å². The molecule has 0 unspecified atom stereocenters. The predicted octanol–water partition coefficient (Wildman–Crippen LogP) is 4.18. The second-order valence-corrected chi connectivity index (χ2v) is 8.03. The zero-order valence-corrected chi connectivity index (χ0v) is 17.6. The van der Waals surface area contributed by atoms with Crippen LogP contribution in [0.1, 0.15) is 52.0 Å². The molecule has 154 valence electrons. The Morgan fingerprint density at radius 1 is 1.07 bits per heavy atom. The third kappa shape index (κ3) is 4.98. The van der Waals surface area contributed by atoms with Gasteiger partial charge in [0.15, 0.2) is 11.5 Å². The van der Waals surface area contributed by atoms with Gasteiger partial charge in [-0.1, -0.05) is 18.9 Å². The Kier molecular flexibility index (Phi) is 6.93. The Bertz CT molecular complexity index is 933. The minimum Gasteiger partial charge on any atom is -0.493 e. The van der Waals surface area contributed by atoms with Gasteiger partial charge in [-0.05, 0) is 55.0 Å². The van der Waals surface area contributed by atoms with Gasteiger partial charge in [0.05, 0.1) is 19.8 Å². The normalized spacial score (nSPS) is 14.0. The minimum absolute atomic E-state index is 0.309. The van der Waals surface area contributed by atoms with E-state index < -0.39 is 5.91 Å². The van der Waals surface area contributed by atoms with Gasteiger partial charge >= 0.3 is 0 Å². The van der Waals surface area contributed by atoms with Gasteiger partial charge in [-0.15, -0.1) is 11.3 Å². The number of rotatable bonds is 6. The van der Waals surface area contributed by atoms with E-state index in [0.29, 0.717) is 22.1 Å². The van der Waals surface area contributed by atoms with E-state index in [1.165, 1.54) is 23.8 Å². The summed E-state index contributed by atoms with van der Waals surface area (Å²) in [6, 6.07) is 5.39. The Labute approximate surface area is 174 Å². The van der Waals surface area contributed by atoms with Crippen molar-refractivity contribution in [3.63, 3.8) is 0 Å². The molecular weight excluding hydrogens is 388 g/mol. The minimum atomic E-state index is -0.484. The van der Waals surface area contributed by atoms with Crippen LogP contribution in [0.25, 0.3) is 6.08 Å². The number of hydrogen-bond donors (Lipinski definition) is 2. The number of carbonyl (C=O) groups is 2. The number of aryl methyl sites for hydroxylation is 1. The lowest BCUT2D eigenvalue weighted by molar-refractivity contribution is -0.111. The largest absolute Gasteiger partial charge is 0.493 e. The molecule has 0 saturated carbocycles. The van der Waals surface area contributed by atoms with Crippen LogP contribution in [0.15, 0.2) is 24.3 Å². The monoisotopic (exact) mass is 414 g/mol. The zero-order chi connectivity index (χ0) is 20.8. The maximum Gasteiger partial charge on any atom is 0.251 e. The van der Waals surface area contributed by atoms with Crippen molar-refractivity contribution in [2.24, 2.45) is 5.73 Å². The fourth-order valence-electron chi connectivity index (χ4n) is 3.55. The summed E-state index contributed by atoms with van der Waals surface area (Å²) in [5.74, 6) is 0.416. The zero-order valence-electron chi connectivity index (χ0n) is 16.7. The number of anilines is 1. The third-order valence-corrected chi connectivity index (χ3v) is 6.20. The van der Waals surface area contributed by atoms with Crippen LogP contribution in [0.2, 0.25) is 0 Å². The highest BCUT2D eigenvalue weighted by Crippen LogP contribution is 2.37. The highest BCUT2D eigenvalue weighted by Gasteiger charge is 2.23. The Balaban J connectivity index is 1.79. The summed E-state index contributed by atoms with van der Waals surface area (Å²) < 4.78 is 10.5. The van der Waals surface area contributed by atoms with Crippen LogP contribution in [0, 0.1) is 0 Å². The van der Waals surface area contributed by atoms with Gasteiger partial charge in [0.2, 0.25) is 5.91 Å². The number of nitrogens with two attached hydrogens (primary N) is 1. The van der Waals surface area contributed by atoms with E-state index in [4.69, 9.17) is 15.2 Å². The smallest absolute Gasteiger partial charge is 0.251 e. The summed E-state index contributed by atoms with van der Waals surface area (Å²) in [6.45, 7) is 0. The first kappa shape index (κ1) is 20.9. The van der Waals surface area contributed by atoms with Crippen LogP contribution in [-0.2, 0) is 17.6 Å². The second-order valence-electron chi connectivity index (χ2n) is 6.92. The molecule has 1 aliphatic rings. The van der Waals surface area contributed by atoms with Crippen molar-refractivity contribution in [2.45, 2.75) is 38.5 Å². The first-order chi connectivity index (χ1) is 14.0. The van der Waals surface area contributed by atoms with Crippen LogP contribution in [0.4, 0.5) is 5.00 Å². The van der Waals surface area contributed by atoms with E-state index in [1.807, 2.05) is 6.07 Å². The summed E-state index contributed by atoms with van der Waals surface area (Å²) in [5, 5.41) is 3.39. The molecule has 0 atom stereocenters. The van der Waals surface area contributed by atoms with E-state index in [2.05, 4.69) is 5.32 Å². The summed E-state index contributed by atoms with van der Waals surface area (Å²) in [4.78, 5) is 25.7. The van der Waals surface area contributed by atoms with Crippen molar-refractivity contribution < 1.29 is 19.1 Å². The van der Waals surface area contributed by atoms with Crippen molar-refractivity contribution in [2.75, 3.05) is 19.5 Å². The van der Waals surface area contributed by atoms with Gasteiger partial charge in [0, 0.05) is 11.0 Å². The van der Waals surface area contributed by atoms with Crippen molar-refractivity contribution in [3.05, 3.63) is 45.8 Å². The van der Waals surface area contributed by atoms with Crippen molar-refractivity contribution in [1.82, 2.24) is 0 Å². The molecule has 0 aliphatic heterocycles. The molecule has 1 heterocycles. The summed E-state index contributed by atoms with van der Waals surface area (Å²) in [5.41, 5.74) is 7.93. The van der Waals surface area contributed by atoms with Crippen LogP contribution in [0.5, 0.6) is 11.5 Å². The molecule has 1 aromatic carbocycles. The number of primary amides is 1. The summed E-state index contributed by atoms with van der Waals surface area (Å²) in [7, 11) is 3.13.